The van der Waals surface area contributed by atoms with Crippen LogP contribution in [-0.2, 0) is 4.74 Å². The maximum atomic E-state index is 9.42. The quantitative estimate of drug-likeness (QED) is 0.585. The molecule has 13 heavy (non-hydrogen) atoms. The van der Waals surface area contributed by atoms with E-state index in [9.17, 15) is 5.11 Å². The van der Waals surface area contributed by atoms with Crippen molar-refractivity contribution in [1.82, 2.24) is 0 Å². The van der Waals surface area contributed by atoms with Gasteiger partial charge in [-0.15, -0.1) is 6.58 Å². The number of hydrogen-bond acceptors (Lipinski definition) is 3. The molecule has 3 nitrogen and oxygen atoms in total. The zero-order valence-corrected chi connectivity index (χ0v) is 8.44. The molecular weight excluding hydrogens is 168 g/mol. The molecule has 0 aromatic rings. The van der Waals surface area contributed by atoms with Crippen LogP contribution in [0, 0.1) is 5.92 Å². The second-order valence-electron chi connectivity index (χ2n) is 3.40. The monoisotopic (exact) mass is 188 g/mol. The molecule has 3 unspecified atom stereocenters. The topological polar surface area (TPSA) is 49.7 Å². The Hall–Kier alpha value is -0.380. The van der Waals surface area contributed by atoms with Crippen LogP contribution in [0.3, 0.4) is 0 Å². The van der Waals surface area contributed by atoms with Crippen molar-refractivity contribution in [3.8, 4) is 0 Å². The van der Waals surface area contributed by atoms with Crippen LogP contribution in [0.2, 0.25) is 0 Å². The minimum Gasteiger partial charge on any atom is -0.396 e. The van der Waals surface area contributed by atoms with E-state index in [0.29, 0.717) is 0 Å². The van der Waals surface area contributed by atoms with E-state index in [2.05, 4.69) is 6.58 Å². The van der Waals surface area contributed by atoms with Gasteiger partial charge in [0.1, 0.15) is 0 Å². The van der Waals surface area contributed by atoms with Crippen molar-refractivity contribution in [2.24, 2.45) is 5.92 Å². The fourth-order valence-electron chi connectivity index (χ4n) is 0.852. The zero-order valence-electron chi connectivity index (χ0n) is 8.44. The average molecular weight is 188 g/mol. The van der Waals surface area contributed by atoms with Gasteiger partial charge in [0.05, 0.1) is 18.8 Å². The lowest BCUT2D eigenvalue weighted by Crippen LogP contribution is -2.28. The molecule has 0 fully saturated rings. The third-order valence-corrected chi connectivity index (χ3v) is 1.99. The second kappa shape index (κ2) is 7.06. The van der Waals surface area contributed by atoms with Crippen LogP contribution in [0.1, 0.15) is 20.3 Å². The third-order valence-electron chi connectivity index (χ3n) is 1.99. The van der Waals surface area contributed by atoms with Crippen molar-refractivity contribution in [3.05, 3.63) is 12.7 Å². The van der Waals surface area contributed by atoms with E-state index in [1.165, 1.54) is 0 Å². The summed E-state index contributed by atoms with van der Waals surface area (Å²) in [6, 6.07) is 0. The first-order valence-electron chi connectivity index (χ1n) is 4.63. The first kappa shape index (κ1) is 12.6. The number of rotatable bonds is 7. The van der Waals surface area contributed by atoms with Gasteiger partial charge in [0, 0.05) is 12.5 Å². The molecule has 0 saturated carbocycles. The highest BCUT2D eigenvalue weighted by atomic mass is 16.5. The molecule has 0 bridgehead atoms. The molecule has 0 radical (unpaired) electrons. The Morgan fingerprint density at radius 2 is 2.08 bits per heavy atom. The second-order valence-corrected chi connectivity index (χ2v) is 3.40. The van der Waals surface area contributed by atoms with Gasteiger partial charge in [-0.1, -0.05) is 13.0 Å². The minimum atomic E-state index is -0.586. The standard InChI is InChI=1S/C10H20O3/c1-4-5-9(3)13-7-10(12)8(2)6-11/h4,8-12H,1,5-7H2,2-3H3. The lowest BCUT2D eigenvalue weighted by Gasteiger charge is -2.19. The van der Waals surface area contributed by atoms with Crippen LogP contribution < -0.4 is 0 Å². The molecule has 0 amide bonds. The van der Waals surface area contributed by atoms with E-state index in [1.54, 1.807) is 13.0 Å². The summed E-state index contributed by atoms with van der Waals surface area (Å²) < 4.78 is 5.33. The SMILES string of the molecule is C=CCC(C)OCC(O)C(C)CO. The Kier molecular flexibility index (Phi) is 6.86. The summed E-state index contributed by atoms with van der Waals surface area (Å²) in [4.78, 5) is 0. The minimum absolute atomic E-state index is 0.0135. The van der Waals surface area contributed by atoms with Gasteiger partial charge in [-0.25, -0.2) is 0 Å². The predicted octanol–water partition coefficient (Wildman–Crippen LogP) is 0.957. The maximum absolute atomic E-state index is 9.42. The number of hydrogen-bond donors (Lipinski definition) is 2. The Balaban J connectivity index is 3.56. The molecule has 0 saturated heterocycles. The van der Waals surface area contributed by atoms with Gasteiger partial charge in [0.25, 0.3) is 0 Å². The van der Waals surface area contributed by atoms with E-state index in [-0.39, 0.29) is 25.2 Å². The van der Waals surface area contributed by atoms with Crippen LogP contribution in [0.5, 0.6) is 0 Å². The van der Waals surface area contributed by atoms with Gasteiger partial charge in [-0.05, 0) is 13.3 Å². The molecule has 0 aliphatic heterocycles. The number of aliphatic hydroxyl groups is 2. The average Bonchev–Trinajstić information content (AvgIpc) is 2.13. The summed E-state index contributed by atoms with van der Waals surface area (Å²) in [7, 11) is 0. The highest BCUT2D eigenvalue weighted by Crippen LogP contribution is 2.05. The predicted molar refractivity (Wildman–Crippen MR) is 52.5 cm³/mol. The summed E-state index contributed by atoms with van der Waals surface area (Å²) >= 11 is 0. The molecule has 78 valence electrons. The normalized spacial score (nSPS) is 17.8. The van der Waals surface area contributed by atoms with Gasteiger partial charge in [0.15, 0.2) is 0 Å². The molecule has 0 heterocycles. The summed E-state index contributed by atoms with van der Waals surface area (Å²) in [6.45, 7) is 7.57. The molecule has 0 rings (SSSR count). The van der Waals surface area contributed by atoms with Gasteiger partial charge in [-0.3, -0.25) is 0 Å². The molecule has 0 aliphatic rings. The van der Waals surface area contributed by atoms with Crippen LogP contribution in [0.15, 0.2) is 12.7 Å². The Labute approximate surface area is 80.0 Å². The van der Waals surface area contributed by atoms with Crippen molar-refractivity contribution >= 4 is 0 Å². The van der Waals surface area contributed by atoms with Gasteiger partial charge < -0.3 is 14.9 Å². The lowest BCUT2D eigenvalue weighted by atomic mass is 10.1. The largest absolute Gasteiger partial charge is 0.396 e. The molecule has 0 spiro atoms. The first-order valence-corrected chi connectivity index (χ1v) is 4.63. The fraction of sp³-hybridized carbons (Fsp3) is 0.800. The zero-order chi connectivity index (χ0) is 10.3. The lowest BCUT2D eigenvalue weighted by molar-refractivity contribution is -0.0306. The third kappa shape index (κ3) is 5.80. The van der Waals surface area contributed by atoms with Crippen molar-refractivity contribution in [2.45, 2.75) is 32.5 Å². The van der Waals surface area contributed by atoms with Gasteiger partial charge in [0.2, 0.25) is 0 Å². The van der Waals surface area contributed by atoms with E-state index < -0.39 is 6.10 Å². The molecule has 0 aromatic heterocycles. The molecule has 0 aliphatic carbocycles. The van der Waals surface area contributed by atoms with E-state index >= 15 is 0 Å². The summed E-state index contributed by atoms with van der Waals surface area (Å²) in [5, 5.41) is 18.2. The smallest absolute Gasteiger partial charge is 0.0821 e. The summed E-state index contributed by atoms with van der Waals surface area (Å²) in [5.74, 6) is -0.129. The Morgan fingerprint density at radius 1 is 1.46 bits per heavy atom. The maximum Gasteiger partial charge on any atom is 0.0821 e. The van der Waals surface area contributed by atoms with Crippen LogP contribution in [-0.4, -0.2) is 35.6 Å². The number of ether oxygens (including phenoxy) is 1. The van der Waals surface area contributed by atoms with Crippen LogP contribution >= 0.6 is 0 Å². The van der Waals surface area contributed by atoms with E-state index in [4.69, 9.17) is 9.84 Å². The van der Waals surface area contributed by atoms with Crippen molar-refractivity contribution < 1.29 is 14.9 Å². The van der Waals surface area contributed by atoms with Gasteiger partial charge in [-0.2, -0.15) is 0 Å². The fourth-order valence-corrected chi connectivity index (χ4v) is 0.852. The molecule has 0 aromatic carbocycles. The highest BCUT2D eigenvalue weighted by molar-refractivity contribution is 4.71. The Bertz CT molecular complexity index is 136. The van der Waals surface area contributed by atoms with Crippen molar-refractivity contribution in [3.63, 3.8) is 0 Å². The van der Waals surface area contributed by atoms with Gasteiger partial charge >= 0.3 is 0 Å². The first-order chi connectivity index (χ1) is 6.11. The van der Waals surface area contributed by atoms with E-state index in [1.807, 2.05) is 6.92 Å². The molecular formula is C10H20O3. The van der Waals surface area contributed by atoms with Crippen molar-refractivity contribution in [2.75, 3.05) is 13.2 Å². The highest BCUT2D eigenvalue weighted by Gasteiger charge is 2.14. The van der Waals surface area contributed by atoms with E-state index in [0.717, 1.165) is 6.42 Å². The molecule has 2 N–H and O–H groups in total. The van der Waals surface area contributed by atoms with Crippen LogP contribution in [0.25, 0.3) is 0 Å². The van der Waals surface area contributed by atoms with Crippen molar-refractivity contribution in [1.29, 1.82) is 0 Å². The molecule has 3 atom stereocenters. The number of aliphatic hydroxyl groups excluding tert-OH is 2. The molecule has 3 heteroatoms. The summed E-state index contributed by atoms with van der Waals surface area (Å²) in [6.07, 6.45) is 2.06. The Morgan fingerprint density at radius 3 is 2.54 bits per heavy atom. The summed E-state index contributed by atoms with van der Waals surface area (Å²) in [5.41, 5.74) is 0. The van der Waals surface area contributed by atoms with Crippen LogP contribution in [0.4, 0.5) is 0 Å².